The van der Waals surface area contributed by atoms with Gasteiger partial charge in [-0.25, -0.2) is 0 Å². The Hall–Kier alpha value is -2.92. The van der Waals surface area contributed by atoms with Crippen LogP contribution in [0.1, 0.15) is 44.6 Å². The molecule has 5 rings (SSSR count). The smallest absolute Gasteiger partial charge is 0.161 e. The number of aromatic amines is 1. The number of H-pyrrole nitrogens is 1. The predicted octanol–water partition coefficient (Wildman–Crippen LogP) is 6.21. The highest BCUT2D eigenvalue weighted by atomic mass is 16.5. The Morgan fingerprint density at radius 3 is 2.38 bits per heavy atom. The van der Waals surface area contributed by atoms with Crippen molar-refractivity contribution in [1.29, 1.82) is 0 Å². The summed E-state index contributed by atoms with van der Waals surface area (Å²) >= 11 is 0. The minimum Gasteiger partial charge on any atom is -0.493 e. The third-order valence-electron chi connectivity index (χ3n) is 7.27. The van der Waals surface area contributed by atoms with Crippen LogP contribution in [0.5, 0.6) is 11.5 Å². The van der Waals surface area contributed by atoms with Crippen molar-refractivity contribution >= 4 is 16.6 Å². The van der Waals surface area contributed by atoms with Gasteiger partial charge in [-0.3, -0.25) is 4.90 Å². The molecule has 5 nitrogen and oxygen atoms in total. The van der Waals surface area contributed by atoms with Crippen LogP contribution in [0.2, 0.25) is 0 Å². The maximum absolute atomic E-state index is 5.57. The number of anilines is 1. The van der Waals surface area contributed by atoms with Crippen molar-refractivity contribution in [2.24, 2.45) is 0 Å². The number of benzene rings is 2. The lowest BCUT2D eigenvalue weighted by Crippen LogP contribution is -2.46. The fourth-order valence-corrected chi connectivity index (χ4v) is 5.25. The lowest BCUT2D eigenvalue weighted by Gasteiger charge is -2.36. The molecule has 1 aliphatic heterocycles. The molecule has 5 heteroatoms. The summed E-state index contributed by atoms with van der Waals surface area (Å²) in [5.74, 6) is 1.89. The Balaban J connectivity index is 1.38. The van der Waals surface area contributed by atoms with E-state index in [1.807, 2.05) is 6.07 Å². The maximum atomic E-state index is 5.57. The molecule has 0 amide bonds. The molecule has 3 aromatic rings. The first kappa shape index (κ1) is 22.9. The minimum absolute atomic E-state index is 0.394. The Morgan fingerprint density at radius 1 is 0.941 bits per heavy atom. The van der Waals surface area contributed by atoms with E-state index in [0.29, 0.717) is 5.92 Å². The minimum atomic E-state index is 0.394. The van der Waals surface area contributed by atoms with Gasteiger partial charge in [-0.1, -0.05) is 25.5 Å². The van der Waals surface area contributed by atoms with Crippen LogP contribution >= 0.6 is 0 Å². The molecule has 34 heavy (non-hydrogen) atoms. The number of nitrogens with zero attached hydrogens (tertiary/aromatic N) is 2. The van der Waals surface area contributed by atoms with Crippen molar-refractivity contribution in [2.75, 3.05) is 51.8 Å². The lowest BCUT2D eigenvalue weighted by atomic mass is 9.95. The molecule has 2 aromatic carbocycles. The summed E-state index contributed by atoms with van der Waals surface area (Å²) in [5.41, 5.74) is 7.82. The van der Waals surface area contributed by atoms with Gasteiger partial charge in [0.25, 0.3) is 0 Å². The third kappa shape index (κ3) is 4.67. The zero-order valence-corrected chi connectivity index (χ0v) is 21.0. The first-order valence-electron chi connectivity index (χ1n) is 12.6. The fraction of sp³-hybridized carbons (Fsp3) is 0.448. The first-order valence-corrected chi connectivity index (χ1v) is 12.6. The number of ether oxygens (including phenoxy) is 2. The number of aromatic nitrogens is 1. The van der Waals surface area contributed by atoms with Crippen molar-refractivity contribution in [3.05, 3.63) is 53.6 Å². The Bertz CT molecular complexity index is 1190. The van der Waals surface area contributed by atoms with Gasteiger partial charge in [0.05, 0.1) is 19.9 Å². The highest BCUT2D eigenvalue weighted by Crippen LogP contribution is 2.40. The van der Waals surface area contributed by atoms with E-state index in [9.17, 15) is 0 Å². The summed E-state index contributed by atoms with van der Waals surface area (Å²) in [6.07, 6.45) is 6.22. The molecule has 2 aliphatic rings. The molecule has 0 saturated carbocycles. The molecule has 0 radical (unpaired) electrons. The highest BCUT2D eigenvalue weighted by molar-refractivity contribution is 5.93. The van der Waals surface area contributed by atoms with Gasteiger partial charge in [0.15, 0.2) is 11.5 Å². The summed E-state index contributed by atoms with van der Waals surface area (Å²) < 4.78 is 11.0. The van der Waals surface area contributed by atoms with E-state index in [0.717, 1.165) is 43.2 Å². The third-order valence-corrected chi connectivity index (χ3v) is 7.27. The van der Waals surface area contributed by atoms with Crippen LogP contribution in [0.15, 0.2) is 48.0 Å². The van der Waals surface area contributed by atoms with Crippen LogP contribution in [0.4, 0.5) is 5.69 Å². The molecule has 2 heterocycles. The zero-order chi connectivity index (χ0) is 23.7. The van der Waals surface area contributed by atoms with Gasteiger partial charge in [-0.2, -0.15) is 0 Å². The highest BCUT2D eigenvalue weighted by Gasteiger charge is 2.21. The predicted molar refractivity (Wildman–Crippen MR) is 142 cm³/mol. The average molecular weight is 460 g/mol. The molecule has 0 bridgehead atoms. The molecular formula is C29H37N3O2. The van der Waals surface area contributed by atoms with Gasteiger partial charge in [0, 0.05) is 48.3 Å². The number of allylic oxidation sites excluding steroid dienone is 2. The van der Waals surface area contributed by atoms with E-state index in [2.05, 4.69) is 65.0 Å². The number of fused-ring (bicyclic) bond motifs is 1. The molecule has 0 unspecified atom stereocenters. The molecule has 180 valence electrons. The van der Waals surface area contributed by atoms with Crippen LogP contribution < -0.4 is 14.4 Å². The van der Waals surface area contributed by atoms with E-state index >= 15 is 0 Å². The largest absolute Gasteiger partial charge is 0.493 e. The second-order valence-electron chi connectivity index (χ2n) is 9.87. The van der Waals surface area contributed by atoms with E-state index in [4.69, 9.17) is 9.47 Å². The normalized spacial score (nSPS) is 16.3. The van der Waals surface area contributed by atoms with Gasteiger partial charge >= 0.3 is 0 Å². The summed E-state index contributed by atoms with van der Waals surface area (Å²) in [6, 6.07) is 13.1. The fourth-order valence-electron chi connectivity index (χ4n) is 5.25. The topological polar surface area (TPSA) is 40.7 Å². The number of piperazine rings is 1. The maximum Gasteiger partial charge on any atom is 0.161 e. The first-order chi connectivity index (χ1) is 16.6. The van der Waals surface area contributed by atoms with Gasteiger partial charge in [0.1, 0.15) is 0 Å². The Kier molecular flexibility index (Phi) is 6.55. The quantitative estimate of drug-likeness (QED) is 0.386. The monoisotopic (exact) mass is 459 g/mol. The molecule has 1 saturated heterocycles. The molecule has 1 fully saturated rings. The average Bonchev–Trinajstić information content (AvgIpc) is 3.60. The number of methoxy groups -OCH3 is 2. The standard InChI is InChI=1S/C29H37N3O2/c1-20(2)28-24-19-23(32-16-14-31(15-17-32)13-5-6-21-7-8-21)10-11-25(24)30-29(28)22-9-12-26(33-3)27(18-22)34-4/h7,9-12,18-20,30H,5-6,8,13-17H2,1-4H3. The van der Waals surface area contributed by atoms with Crippen LogP contribution in [0.3, 0.4) is 0 Å². The molecule has 1 aromatic heterocycles. The van der Waals surface area contributed by atoms with E-state index in [1.165, 1.54) is 53.7 Å². The number of nitrogens with one attached hydrogen (secondary N) is 1. The summed E-state index contributed by atoms with van der Waals surface area (Å²) in [4.78, 5) is 8.87. The van der Waals surface area contributed by atoms with Gasteiger partial charge in [-0.05, 0) is 73.7 Å². The van der Waals surface area contributed by atoms with Crippen molar-refractivity contribution in [1.82, 2.24) is 9.88 Å². The summed E-state index contributed by atoms with van der Waals surface area (Å²) in [6.45, 7) is 10.3. The van der Waals surface area contributed by atoms with Crippen molar-refractivity contribution in [3.8, 4) is 22.8 Å². The summed E-state index contributed by atoms with van der Waals surface area (Å²) in [5, 5.41) is 1.32. The zero-order valence-electron chi connectivity index (χ0n) is 21.0. The number of hydrogen-bond donors (Lipinski definition) is 1. The van der Waals surface area contributed by atoms with Crippen LogP contribution in [0.25, 0.3) is 22.2 Å². The van der Waals surface area contributed by atoms with Gasteiger partial charge < -0.3 is 19.4 Å². The lowest BCUT2D eigenvalue weighted by molar-refractivity contribution is 0.255. The van der Waals surface area contributed by atoms with Gasteiger partial charge in [0.2, 0.25) is 0 Å². The second-order valence-corrected chi connectivity index (χ2v) is 9.87. The van der Waals surface area contributed by atoms with Crippen molar-refractivity contribution < 1.29 is 9.47 Å². The summed E-state index contributed by atoms with van der Waals surface area (Å²) in [7, 11) is 3.36. The molecule has 1 aliphatic carbocycles. The van der Waals surface area contributed by atoms with Crippen LogP contribution in [-0.2, 0) is 0 Å². The molecule has 0 atom stereocenters. The molecule has 1 N–H and O–H groups in total. The van der Waals surface area contributed by atoms with E-state index in [-0.39, 0.29) is 0 Å². The Morgan fingerprint density at radius 2 is 1.71 bits per heavy atom. The van der Waals surface area contributed by atoms with E-state index in [1.54, 1.807) is 19.8 Å². The van der Waals surface area contributed by atoms with E-state index < -0.39 is 0 Å². The van der Waals surface area contributed by atoms with Gasteiger partial charge in [-0.15, -0.1) is 0 Å². The van der Waals surface area contributed by atoms with Crippen LogP contribution in [-0.4, -0.2) is 56.8 Å². The Labute approximate surface area is 203 Å². The SMILES string of the molecule is COc1ccc(-c2[nH]c3ccc(N4CCN(CCCC5=CC5)CC4)cc3c2C(C)C)cc1OC. The molecule has 0 spiro atoms. The van der Waals surface area contributed by atoms with Crippen molar-refractivity contribution in [2.45, 2.75) is 39.0 Å². The second kappa shape index (κ2) is 9.75. The van der Waals surface area contributed by atoms with Crippen LogP contribution in [0, 0.1) is 0 Å². The van der Waals surface area contributed by atoms with Crippen molar-refractivity contribution in [3.63, 3.8) is 0 Å². The molecular weight excluding hydrogens is 422 g/mol. The number of rotatable bonds is 9. The number of hydrogen-bond acceptors (Lipinski definition) is 4.